The minimum atomic E-state index is -3.68. The number of rotatable bonds is 5. The van der Waals surface area contributed by atoms with E-state index in [4.69, 9.17) is 9.15 Å². The largest absolute Gasteiger partial charge is 0.494 e. The van der Waals surface area contributed by atoms with Crippen molar-refractivity contribution < 1.29 is 22.4 Å². The number of fused-ring (bicyclic) bond motifs is 1. The van der Waals surface area contributed by atoms with Crippen LogP contribution in [-0.2, 0) is 19.6 Å². The number of furan rings is 1. The molecule has 2 aliphatic heterocycles. The summed E-state index contributed by atoms with van der Waals surface area (Å²) in [4.78, 5) is 16.9. The van der Waals surface area contributed by atoms with Gasteiger partial charge in [0.2, 0.25) is 10.0 Å². The third kappa shape index (κ3) is 3.33. The number of hydrazone groups is 1. The van der Waals surface area contributed by atoms with E-state index in [1.54, 1.807) is 24.3 Å². The number of sulfonamides is 1. The molecule has 4 rings (SSSR count). The summed E-state index contributed by atoms with van der Waals surface area (Å²) in [6.45, 7) is 2.39. The fraction of sp³-hybridized carbons (Fsp3) is 0.316. The molecule has 0 saturated carbocycles. The first kappa shape index (κ1) is 18.4. The van der Waals surface area contributed by atoms with Crippen molar-refractivity contribution in [3.8, 4) is 0 Å². The summed E-state index contributed by atoms with van der Waals surface area (Å²) in [5, 5.41) is 4.21. The Morgan fingerprint density at radius 1 is 1.39 bits per heavy atom. The van der Waals surface area contributed by atoms with Crippen LogP contribution in [0.25, 0.3) is 0 Å². The summed E-state index contributed by atoms with van der Waals surface area (Å²) in [5.41, 5.74) is 1.36. The van der Waals surface area contributed by atoms with Gasteiger partial charge >= 0.3 is 0 Å². The molecule has 2 unspecified atom stereocenters. The van der Waals surface area contributed by atoms with Crippen LogP contribution in [0.2, 0.25) is 0 Å². The minimum absolute atomic E-state index is 0.217. The van der Waals surface area contributed by atoms with Gasteiger partial charge in [0.1, 0.15) is 17.2 Å². The maximum Gasteiger partial charge on any atom is 0.275 e. The molecule has 1 aromatic heterocycles. The Balaban J connectivity index is 1.66. The van der Waals surface area contributed by atoms with Crippen molar-refractivity contribution in [3.05, 3.63) is 59.8 Å². The second-order valence-electron chi connectivity index (χ2n) is 6.61. The number of ether oxygens (including phenoxy) is 1. The average molecular weight is 401 g/mol. The Hall–Kier alpha value is -2.94. The molecule has 28 heavy (non-hydrogen) atoms. The van der Waals surface area contributed by atoms with Gasteiger partial charge in [-0.15, -0.1) is 0 Å². The van der Waals surface area contributed by atoms with Gasteiger partial charge in [-0.2, -0.15) is 9.52 Å². The Morgan fingerprint density at radius 3 is 2.89 bits per heavy atom. The van der Waals surface area contributed by atoms with E-state index in [-0.39, 0.29) is 12.3 Å². The van der Waals surface area contributed by atoms with Crippen LogP contribution in [0.1, 0.15) is 19.1 Å². The van der Waals surface area contributed by atoms with Crippen LogP contribution in [0.4, 0.5) is 0 Å². The van der Waals surface area contributed by atoms with Gasteiger partial charge in [-0.3, -0.25) is 4.79 Å². The number of allylic oxidation sites excluding steroid dienone is 4. The first-order valence-electron chi connectivity index (χ1n) is 8.85. The molecule has 0 aromatic carbocycles. The lowest BCUT2D eigenvalue weighted by molar-refractivity contribution is -0.114. The highest BCUT2D eigenvalue weighted by Crippen LogP contribution is 2.32. The summed E-state index contributed by atoms with van der Waals surface area (Å²) in [7, 11) is -3.68. The van der Waals surface area contributed by atoms with Crippen molar-refractivity contribution in [2.75, 3.05) is 12.9 Å². The van der Waals surface area contributed by atoms with Crippen molar-refractivity contribution in [1.29, 1.82) is 0 Å². The molecule has 1 aliphatic carbocycles. The van der Waals surface area contributed by atoms with Crippen molar-refractivity contribution in [2.45, 2.75) is 19.4 Å². The smallest absolute Gasteiger partial charge is 0.275 e. The third-order valence-corrected chi connectivity index (χ3v) is 5.64. The summed E-state index contributed by atoms with van der Waals surface area (Å²) in [6, 6.07) is 2.66. The lowest BCUT2D eigenvalue weighted by Gasteiger charge is -2.26. The highest BCUT2D eigenvalue weighted by Gasteiger charge is 2.40. The molecular formula is C19H19N3O5S. The predicted octanol–water partition coefficient (Wildman–Crippen LogP) is 2.03. The molecule has 1 aromatic rings. The number of dihydropyridines is 1. The van der Waals surface area contributed by atoms with Crippen LogP contribution in [-0.4, -0.2) is 49.1 Å². The molecule has 0 N–H and O–H groups in total. The number of amides is 1. The molecule has 0 fully saturated rings. The lowest BCUT2D eigenvalue weighted by Crippen LogP contribution is -2.37. The molecule has 0 saturated heterocycles. The molecule has 3 heterocycles. The zero-order valence-corrected chi connectivity index (χ0v) is 16.2. The maximum absolute atomic E-state index is 12.7. The van der Waals surface area contributed by atoms with Gasteiger partial charge in [-0.25, -0.2) is 13.4 Å². The number of nitrogens with zero attached hydrogens (tertiary/aromatic N) is 3. The summed E-state index contributed by atoms with van der Waals surface area (Å²) in [6.07, 6.45) is 9.98. The topological polar surface area (TPSA) is 102 Å². The predicted molar refractivity (Wildman–Crippen MR) is 103 cm³/mol. The number of aliphatic imine (C=N–C) groups is 1. The molecule has 0 spiro atoms. The van der Waals surface area contributed by atoms with E-state index in [0.717, 1.165) is 10.7 Å². The fourth-order valence-electron chi connectivity index (χ4n) is 3.41. The molecule has 2 atom stereocenters. The molecule has 9 heteroatoms. The highest BCUT2D eigenvalue weighted by molar-refractivity contribution is 7.88. The molecule has 0 radical (unpaired) electrons. The van der Waals surface area contributed by atoms with Gasteiger partial charge in [-0.05, 0) is 25.1 Å². The Morgan fingerprint density at radius 2 is 2.21 bits per heavy atom. The monoisotopic (exact) mass is 401 g/mol. The van der Waals surface area contributed by atoms with Crippen molar-refractivity contribution in [1.82, 2.24) is 4.41 Å². The summed E-state index contributed by atoms with van der Waals surface area (Å²) in [5.74, 6) is 0.435. The third-order valence-electron chi connectivity index (χ3n) is 4.62. The van der Waals surface area contributed by atoms with Crippen LogP contribution >= 0.6 is 0 Å². The molecule has 8 nitrogen and oxygen atoms in total. The molecule has 3 aliphatic rings. The van der Waals surface area contributed by atoms with Gasteiger partial charge < -0.3 is 9.15 Å². The van der Waals surface area contributed by atoms with Gasteiger partial charge in [-0.1, -0.05) is 12.2 Å². The van der Waals surface area contributed by atoms with E-state index in [1.807, 2.05) is 19.1 Å². The number of hydrogen-bond acceptors (Lipinski definition) is 6. The second kappa shape index (κ2) is 6.90. The van der Waals surface area contributed by atoms with E-state index in [1.165, 1.54) is 6.26 Å². The van der Waals surface area contributed by atoms with Gasteiger partial charge in [0, 0.05) is 24.0 Å². The van der Waals surface area contributed by atoms with E-state index in [0.29, 0.717) is 35.1 Å². The molecule has 146 valence electrons. The minimum Gasteiger partial charge on any atom is -0.494 e. The molecule has 1 amide bonds. The maximum atomic E-state index is 12.7. The fourth-order valence-corrected chi connectivity index (χ4v) is 4.31. The van der Waals surface area contributed by atoms with Crippen LogP contribution in [0.5, 0.6) is 0 Å². The van der Waals surface area contributed by atoms with Crippen LogP contribution in [0.3, 0.4) is 0 Å². The number of carbonyl (C=O) groups excluding carboxylic acids is 1. The first-order chi connectivity index (χ1) is 13.4. The van der Waals surface area contributed by atoms with Gasteiger partial charge in [0.25, 0.3) is 5.91 Å². The number of hydrogen-bond donors (Lipinski definition) is 0. The normalized spacial score (nSPS) is 24.4. The van der Waals surface area contributed by atoms with Crippen LogP contribution in [0, 0.1) is 5.92 Å². The van der Waals surface area contributed by atoms with E-state index in [2.05, 4.69) is 10.1 Å². The second-order valence-corrected chi connectivity index (χ2v) is 8.45. The number of carbonyl (C=O) groups is 1. The average Bonchev–Trinajstić information content (AvgIpc) is 3.30. The zero-order valence-electron chi connectivity index (χ0n) is 15.4. The summed E-state index contributed by atoms with van der Waals surface area (Å²) < 4.78 is 36.3. The van der Waals surface area contributed by atoms with Crippen molar-refractivity contribution in [2.24, 2.45) is 16.0 Å². The Labute approximate surface area is 162 Å². The van der Waals surface area contributed by atoms with E-state index >= 15 is 0 Å². The van der Waals surface area contributed by atoms with Gasteiger partial charge in [0.15, 0.2) is 0 Å². The quantitative estimate of drug-likeness (QED) is 0.751. The van der Waals surface area contributed by atoms with Crippen LogP contribution in [0.15, 0.2) is 68.5 Å². The highest BCUT2D eigenvalue weighted by atomic mass is 32.2. The zero-order chi connectivity index (χ0) is 19.9. The summed E-state index contributed by atoms with van der Waals surface area (Å²) >= 11 is 0. The van der Waals surface area contributed by atoms with Crippen molar-refractivity contribution in [3.63, 3.8) is 0 Å². The SMILES string of the molecule is CCOC1=CC2=NC(=O)C(C3CC(c4ccco4)=NN3S(C)(=O)=O)=CC2C=C1. The van der Waals surface area contributed by atoms with E-state index < -0.39 is 22.0 Å². The lowest BCUT2D eigenvalue weighted by atomic mass is 9.89. The standard InChI is InChI=1S/C19H19N3O5S/c1-3-26-13-7-6-12-9-14(19(23)20-15(12)10-13)17-11-16(18-5-4-8-27-18)21-22(17)28(2,24)25/h4-10,12,17H,3,11H2,1-2H3. The molecular weight excluding hydrogens is 382 g/mol. The first-order valence-corrected chi connectivity index (χ1v) is 10.7. The Kier molecular flexibility index (Phi) is 4.54. The van der Waals surface area contributed by atoms with E-state index in [9.17, 15) is 13.2 Å². The Bertz CT molecular complexity index is 1060. The molecule has 0 bridgehead atoms. The van der Waals surface area contributed by atoms with Gasteiger partial charge in [0.05, 0.1) is 30.9 Å². The van der Waals surface area contributed by atoms with Crippen molar-refractivity contribution >= 4 is 27.4 Å². The van der Waals surface area contributed by atoms with Crippen LogP contribution < -0.4 is 0 Å².